The van der Waals surface area contributed by atoms with Crippen LogP contribution >= 0.6 is 11.3 Å². The lowest BCUT2D eigenvalue weighted by Crippen LogP contribution is -2.44. The molecule has 0 aliphatic carbocycles. The van der Waals surface area contributed by atoms with Gasteiger partial charge in [0.2, 0.25) is 5.91 Å². The molecule has 1 aromatic heterocycles. The van der Waals surface area contributed by atoms with Gasteiger partial charge in [-0.25, -0.2) is 4.98 Å². The Hall–Kier alpha value is -0.940. The van der Waals surface area contributed by atoms with Crippen LogP contribution in [0.15, 0.2) is 0 Å². The highest BCUT2D eigenvalue weighted by molar-refractivity contribution is 7.11. The number of amides is 1. The summed E-state index contributed by atoms with van der Waals surface area (Å²) in [5.74, 6) is 0.0984. The lowest BCUT2D eigenvalue weighted by atomic mass is 10.1. The average molecular weight is 255 g/mol. The molecule has 1 aromatic rings. The number of thiazole rings is 1. The normalized spacial score (nSPS) is 12.8. The van der Waals surface area contributed by atoms with Gasteiger partial charge in [0, 0.05) is 17.8 Å². The maximum Gasteiger partial charge on any atom is 0.237 e. The molecule has 0 fully saturated rings. The van der Waals surface area contributed by atoms with Crippen LogP contribution in [-0.2, 0) is 11.2 Å². The minimum atomic E-state index is -0.417. The molecule has 5 heteroatoms. The van der Waals surface area contributed by atoms with Gasteiger partial charge in [-0.3, -0.25) is 4.79 Å². The molecule has 1 heterocycles. The molecule has 0 spiro atoms. The highest BCUT2D eigenvalue weighted by atomic mass is 32.1. The minimum absolute atomic E-state index is 0.0705. The highest BCUT2D eigenvalue weighted by Crippen LogP contribution is 2.17. The molecule has 0 saturated heterocycles. The predicted octanol–water partition coefficient (Wildman–Crippen LogP) is 1.40. The second kappa shape index (κ2) is 6.12. The Balaban J connectivity index is 2.38. The van der Waals surface area contributed by atoms with E-state index in [0.717, 1.165) is 17.1 Å². The molecule has 0 bridgehead atoms. The van der Waals surface area contributed by atoms with E-state index in [1.807, 2.05) is 27.7 Å². The van der Waals surface area contributed by atoms with Gasteiger partial charge in [0.05, 0.1) is 16.7 Å². The van der Waals surface area contributed by atoms with Crippen molar-refractivity contribution in [2.24, 2.45) is 11.7 Å². The Kier molecular flexibility index (Phi) is 5.08. The largest absolute Gasteiger partial charge is 0.354 e. The van der Waals surface area contributed by atoms with Crippen LogP contribution < -0.4 is 11.1 Å². The number of aryl methyl sites for hydroxylation is 2. The summed E-state index contributed by atoms with van der Waals surface area (Å²) >= 11 is 1.69. The molecule has 0 saturated carbocycles. The standard InChI is InChI=1S/C12H21N3OS/c1-7(2)11(13)12(16)14-6-5-10-8(3)15-9(4)17-10/h7,11H,5-6,13H2,1-4H3,(H,14,16)/t11-/m0/s1. The summed E-state index contributed by atoms with van der Waals surface area (Å²) in [7, 11) is 0. The topological polar surface area (TPSA) is 68.0 Å². The first-order chi connectivity index (χ1) is 7.91. The van der Waals surface area contributed by atoms with Crippen molar-refractivity contribution in [3.63, 3.8) is 0 Å². The molecule has 0 aliphatic rings. The monoisotopic (exact) mass is 255 g/mol. The van der Waals surface area contributed by atoms with Crippen LogP contribution in [0.2, 0.25) is 0 Å². The molecule has 3 N–H and O–H groups in total. The summed E-state index contributed by atoms with van der Waals surface area (Å²) in [6, 6.07) is -0.417. The molecule has 0 aromatic carbocycles. The Morgan fingerprint density at radius 2 is 2.12 bits per heavy atom. The minimum Gasteiger partial charge on any atom is -0.354 e. The number of nitrogens with one attached hydrogen (secondary N) is 1. The van der Waals surface area contributed by atoms with Crippen LogP contribution in [0.3, 0.4) is 0 Å². The Labute approximate surface area is 107 Å². The summed E-state index contributed by atoms with van der Waals surface area (Å²) in [5, 5.41) is 3.94. The summed E-state index contributed by atoms with van der Waals surface area (Å²) in [6.45, 7) is 8.51. The zero-order valence-corrected chi connectivity index (χ0v) is 11.7. The van der Waals surface area contributed by atoms with Crippen LogP contribution in [-0.4, -0.2) is 23.5 Å². The van der Waals surface area contributed by atoms with Crippen molar-refractivity contribution >= 4 is 17.2 Å². The van der Waals surface area contributed by atoms with Gasteiger partial charge in [0.1, 0.15) is 0 Å². The molecule has 1 rings (SSSR count). The molecular weight excluding hydrogens is 234 g/mol. The summed E-state index contributed by atoms with van der Waals surface area (Å²) in [5.41, 5.74) is 6.82. The van der Waals surface area contributed by atoms with Crippen LogP contribution in [0.4, 0.5) is 0 Å². The Morgan fingerprint density at radius 1 is 1.47 bits per heavy atom. The van der Waals surface area contributed by atoms with E-state index in [-0.39, 0.29) is 11.8 Å². The van der Waals surface area contributed by atoms with Crippen molar-refractivity contribution in [3.05, 3.63) is 15.6 Å². The second-order valence-electron chi connectivity index (χ2n) is 4.55. The van der Waals surface area contributed by atoms with E-state index in [1.54, 1.807) is 11.3 Å². The first-order valence-corrected chi connectivity index (χ1v) is 6.69. The van der Waals surface area contributed by atoms with Crippen molar-refractivity contribution in [1.82, 2.24) is 10.3 Å². The first kappa shape index (κ1) is 14.1. The van der Waals surface area contributed by atoms with Crippen LogP contribution in [0.25, 0.3) is 0 Å². The maximum atomic E-state index is 11.6. The molecular formula is C12H21N3OS. The smallest absolute Gasteiger partial charge is 0.237 e. The number of nitrogens with two attached hydrogens (primary N) is 1. The SMILES string of the molecule is Cc1nc(C)c(CCNC(=O)[C@@H](N)C(C)C)s1. The fraction of sp³-hybridized carbons (Fsp3) is 0.667. The fourth-order valence-electron chi connectivity index (χ4n) is 1.53. The molecule has 0 aliphatic heterocycles. The average Bonchev–Trinajstić information content (AvgIpc) is 2.56. The first-order valence-electron chi connectivity index (χ1n) is 5.88. The maximum absolute atomic E-state index is 11.6. The van der Waals surface area contributed by atoms with Gasteiger partial charge in [-0.2, -0.15) is 0 Å². The van der Waals surface area contributed by atoms with E-state index in [9.17, 15) is 4.79 Å². The van der Waals surface area contributed by atoms with E-state index in [1.165, 1.54) is 4.88 Å². The van der Waals surface area contributed by atoms with E-state index in [0.29, 0.717) is 6.54 Å². The van der Waals surface area contributed by atoms with E-state index >= 15 is 0 Å². The van der Waals surface area contributed by atoms with Gasteiger partial charge in [-0.1, -0.05) is 13.8 Å². The van der Waals surface area contributed by atoms with E-state index in [2.05, 4.69) is 10.3 Å². The highest BCUT2D eigenvalue weighted by Gasteiger charge is 2.16. The molecule has 4 nitrogen and oxygen atoms in total. The van der Waals surface area contributed by atoms with Crippen LogP contribution in [0.1, 0.15) is 29.4 Å². The number of rotatable bonds is 5. The number of carbonyl (C=O) groups excluding carboxylic acids is 1. The predicted molar refractivity (Wildman–Crippen MR) is 71.1 cm³/mol. The number of carbonyl (C=O) groups is 1. The quantitative estimate of drug-likeness (QED) is 0.835. The van der Waals surface area contributed by atoms with Gasteiger partial charge in [-0.05, 0) is 19.8 Å². The van der Waals surface area contributed by atoms with Crippen LogP contribution in [0.5, 0.6) is 0 Å². The fourth-order valence-corrected chi connectivity index (χ4v) is 2.46. The summed E-state index contributed by atoms with van der Waals surface area (Å²) in [6.07, 6.45) is 0.827. The summed E-state index contributed by atoms with van der Waals surface area (Å²) in [4.78, 5) is 17.2. The van der Waals surface area contributed by atoms with Crippen LogP contribution in [0, 0.1) is 19.8 Å². The zero-order valence-electron chi connectivity index (χ0n) is 10.9. The van der Waals surface area contributed by atoms with E-state index in [4.69, 9.17) is 5.73 Å². The van der Waals surface area contributed by atoms with Gasteiger partial charge < -0.3 is 11.1 Å². The number of hydrogen-bond acceptors (Lipinski definition) is 4. The number of aromatic nitrogens is 1. The molecule has 17 heavy (non-hydrogen) atoms. The van der Waals surface area contributed by atoms with E-state index < -0.39 is 6.04 Å². The Morgan fingerprint density at radius 3 is 2.59 bits per heavy atom. The molecule has 0 radical (unpaired) electrons. The van der Waals surface area contributed by atoms with Crippen molar-refractivity contribution < 1.29 is 4.79 Å². The van der Waals surface area contributed by atoms with Gasteiger partial charge in [0.15, 0.2) is 0 Å². The molecule has 1 amide bonds. The van der Waals surface area contributed by atoms with Gasteiger partial charge in [0.25, 0.3) is 0 Å². The van der Waals surface area contributed by atoms with Crippen molar-refractivity contribution in [2.75, 3.05) is 6.54 Å². The van der Waals surface area contributed by atoms with Crippen molar-refractivity contribution in [2.45, 2.75) is 40.2 Å². The lowest BCUT2D eigenvalue weighted by molar-refractivity contribution is -0.123. The lowest BCUT2D eigenvalue weighted by Gasteiger charge is -2.14. The number of nitrogens with zero attached hydrogens (tertiary/aromatic N) is 1. The molecule has 1 atom stereocenters. The van der Waals surface area contributed by atoms with Gasteiger partial charge in [-0.15, -0.1) is 11.3 Å². The molecule has 96 valence electrons. The van der Waals surface area contributed by atoms with Crippen molar-refractivity contribution in [3.8, 4) is 0 Å². The third-order valence-electron chi connectivity index (χ3n) is 2.67. The summed E-state index contributed by atoms with van der Waals surface area (Å²) < 4.78 is 0. The zero-order chi connectivity index (χ0) is 13.0. The Bertz CT molecular complexity index is 387. The second-order valence-corrected chi connectivity index (χ2v) is 5.84. The number of hydrogen-bond donors (Lipinski definition) is 2. The van der Waals surface area contributed by atoms with Gasteiger partial charge >= 0.3 is 0 Å². The third-order valence-corrected chi connectivity index (χ3v) is 3.80. The van der Waals surface area contributed by atoms with Crippen molar-refractivity contribution in [1.29, 1.82) is 0 Å². The molecule has 0 unspecified atom stereocenters. The third kappa shape index (κ3) is 4.09.